The zero-order valence-corrected chi connectivity index (χ0v) is 11.4. The van der Waals surface area contributed by atoms with Crippen molar-refractivity contribution < 1.29 is 4.74 Å². The van der Waals surface area contributed by atoms with Gasteiger partial charge in [-0.25, -0.2) is 0 Å². The number of anilines is 1. The highest BCUT2D eigenvalue weighted by molar-refractivity contribution is 5.77. The van der Waals surface area contributed by atoms with Crippen molar-refractivity contribution in [2.45, 2.75) is 6.54 Å². The summed E-state index contributed by atoms with van der Waals surface area (Å²) in [7, 11) is 0. The van der Waals surface area contributed by atoms with E-state index in [0.717, 1.165) is 11.3 Å². The molecule has 1 aromatic heterocycles. The van der Waals surface area contributed by atoms with E-state index in [1.165, 1.54) is 6.20 Å². The highest BCUT2D eigenvalue weighted by Crippen LogP contribution is 2.14. The average Bonchev–Trinajstić information content (AvgIpc) is 2.50. The van der Waals surface area contributed by atoms with Crippen LogP contribution >= 0.6 is 0 Å². The maximum atomic E-state index is 11.7. The molecule has 0 saturated carbocycles. The van der Waals surface area contributed by atoms with Crippen molar-refractivity contribution in [1.82, 2.24) is 9.78 Å². The Bertz CT molecular complexity index is 827. The highest BCUT2D eigenvalue weighted by Gasteiger charge is 2.03. The molecule has 0 spiro atoms. The molecule has 0 amide bonds. The lowest BCUT2D eigenvalue weighted by atomic mass is 10.2. The van der Waals surface area contributed by atoms with Crippen LogP contribution in [-0.2, 0) is 6.54 Å². The summed E-state index contributed by atoms with van der Waals surface area (Å²) in [4.78, 5) is 11.7. The van der Waals surface area contributed by atoms with Crippen molar-refractivity contribution >= 4 is 16.6 Å². The molecule has 0 fully saturated rings. The van der Waals surface area contributed by atoms with Crippen LogP contribution in [0, 0.1) is 0 Å². The van der Waals surface area contributed by atoms with Crippen LogP contribution < -0.4 is 15.9 Å². The molecule has 5 heteroatoms. The molecule has 21 heavy (non-hydrogen) atoms. The number of fused-ring (bicyclic) bond motifs is 1. The van der Waals surface area contributed by atoms with Gasteiger partial charge in [-0.1, -0.05) is 18.2 Å². The van der Waals surface area contributed by atoms with Gasteiger partial charge in [-0.3, -0.25) is 9.48 Å². The minimum Gasteiger partial charge on any atom is -0.492 e. The Kier molecular flexibility index (Phi) is 3.55. The van der Waals surface area contributed by atoms with Crippen molar-refractivity contribution in [2.24, 2.45) is 0 Å². The summed E-state index contributed by atoms with van der Waals surface area (Å²) in [5.74, 6) is 0.723. The van der Waals surface area contributed by atoms with Crippen molar-refractivity contribution in [3.05, 3.63) is 65.0 Å². The summed E-state index contributed by atoms with van der Waals surface area (Å²) in [6.07, 6.45) is 1.34. The second-order valence-corrected chi connectivity index (χ2v) is 4.67. The Balaban J connectivity index is 1.77. The van der Waals surface area contributed by atoms with E-state index >= 15 is 0 Å². The SMILES string of the molecule is Nc1cccc(OCCn2ncc(=O)c3ccccc32)c1. The molecule has 2 aromatic carbocycles. The fourth-order valence-corrected chi connectivity index (χ4v) is 2.19. The number of para-hydroxylation sites is 1. The molecule has 0 saturated heterocycles. The zero-order chi connectivity index (χ0) is 14.7. The Morgan fingerprint density at radius 3 is 2.86 bits per heavy atom. The standard InChI is InChI=1S/C16H15N3O2/c17-12-4-3-5-13(10-12)21-9-8-19-15-7-2-1-6-14(15)16(20)11-18-19/h1-7,10-11H,8-9,17H2. The van der Waals surface area contributed by atoms with Crippen molar-refractivity contribution in [1.29, 1.82) is 0 Å². The Hall–Kier alpha value is -2.82. The summed E-state index contributed by atoms with van der Waals surface area (Å²) in [6, 6.07) is 14.7. The number of nitrogen functional groups attached to an aromatic ring is 1. The molecule has 1 heterocycles. The maximum Gasteiger partial charge on any atom is 0.207 e. The Morgan fingerprint density at radius 2 is 2.00 bits per heavy atom. The van der Waals surface area contributed by atoms with E-state index in [4.69, 9.17) is 10.5 Å². The fourth-order valence-electron chi connectivity index (χ4n) is 2.19. The molecule has 0 aliphatic carbocycles. The third-order valence-corrected chi connectivity index (χ3v) is 3.19. The fraction of sp³-hybridized carbons (Fsp3) is 0.125. The molecule has 5 nitrogen and oxygen atoms in total. The molecule has 0 atom stereocenters. The molecule has 106 valence electrons. The number of nitrogens with two attached hydrogens (primary N) is 1. The van der Waals surface area contributed by atoms with E-state index < -0.39 is 0 Å². The molecular weight excluding hydrogens is 266 g/mol. The van der Waals surface area contributed by atoms with E-state index in [2.05, 4.69) is 5.10 Å². The van der Waals surface area contributed by atoms with Gasteiger partial charge in [0, 0.05) is 17.1 Å². The van der Waals surface area contributed by atoms with E-state index in [1.54, 1.807) is 16.8 Å². The second kappa shape index (κ2) is 5.66. The number of nitrogens with zero attached hydrogens (tertiary/aromatic N) is 2. The highest BCUT2D eigenvalue weighted by atomic mass is 16.5. The molecule has 0 aliphatic heterocycles. The summed E-state index contributed by atoms with van der Waals surface area (Å²) >= 11 is 0. The molecule has 0 radical (unpaired) electrons. The quantitative estimate of drug-likeness (QED) is 0.743. The summed E-state index contributed by atoms with van der Waals surface area (Å²) < 4.78 is 7.42. The first kappa shape index (κ1) is 13.2. The van der Waals surface area contributed by atoms with Gasteiger partial charge >= 0.3 is 0 Å². The van der Waals surface area contributed by atoms with Gasteiger partial charge in [0.1, 0.15) is 12.4 Å². The number of hydrogen-bond acceptors (Lipinski definition) is 4. The van der Waals surface area contributed by atoms with Gasteiger partial charge in [-0.2, -0.15) is 5.10 Å². The lowest BCUT2D eigenvalue weighted by Crippen LogP contribution is -2.16. The normalized spacial score (nSPS) is 10.7. The predicted molar refractivity (Wildman–Crippen MR) is 82.4 cm³/mol. The summed E-state index contributed by atoms with van der Waals surface area (Å²) in [5.41, 5.74) is 7.10. The van der Waals surface area contributed by atoms with Crippen LogP contribution in [0.15, 0.2) is 59.5 Å². The second-order valence-electron chi connectivity index (χ2n) is 4.67. The molecule has 0 bridgehead atoms. The van der Waals surface area contributed by atoms with Crippen LogP contribution in [-0.4, -0.2) is 16.4 Å². The van der Waals surface area contributed by atoms with Gasteiger partial charge < -0.3 is 10.5 Å². The predicted octanol–water partition coefficient (Wildman–Crippen LogP) is 2.06. The molecule has 3 aromatic rings. The van der Waals surface area contributed by atoms with Crippen LogP contribution in [0.2, 0.25) is 0 Å². The minimum absolute atomic E-state index is 0.0707. The van der Waals surface area contributed by atoms with Gasteiger partial charge in [0.05, 0.1) is 18.3 Å². The van der Waals surface area contributed by atoms with Gasteiger partial charge in [0.25, 0.3) is 0 Å². The van der Waals surface area contributed by atoms with E-state index in [-0.39, 0.29) is 5.43 Å². The van der Waals surface area contributed by atoms with Gasteiger partial charge in [-0.05, 0) is 24.3 Å². The lowest BCUT2D eigenvalue weighted by Gasteiger charge is -2.10. The molecular formula is C16H15N3O2. The summed E-state index contributed by atoms with van der Waals surface area (Å²) in [6.45, 7) is 0.999. The number of aromatic nitrogens is 2. The van der Waals surface area contributed by atoms with Crippen LogP contribution in [0.5, 0.6) is 5.75 Å². The largest absolute Gasteiger partial charge is 0.492 e. The monoisotopic (exact) mass is 281 g/mol. The first-order valence-electron chi connectivity index (χ1n) is 6.67. The maximum absolute atomic E-state index is 11.7. The van der Waals surface area contributed by atoms with E-state index in [0.29, 0.717) is 24.2 Å². The Labute approximate surface area is 121 Å². The molecule has 2 N–H and O–H groups in total. The number of rotatable bonds is 4. The van der Waals surface area contributed by atoms with Gasteiger partial charge in [0.2, 0.25) is 5.43 Å². The zero-order valence-electron chi connectivity index (χ0n) is 11.4. The average molecular weight is 281 g/mol. The van der Waals surface area contributed by atoms with E-state index in [1.807, 2.05) is 36.4 Å². The summed E-state index contributed by atoms with van der Waals surface area (Å²) in [5, 5.41) is 4.82. The smallest absolute Gasteiger partial charge is 0.207 e. The first-order chi connectivity index (χ1) is 10.2. The molecule has 0 aliphatic rings. The van der Waals surface area contributed by atoms with Crippen molar-refractivity contribution in [3.8, 4) is 5.75 Å². The number of ether oxygens (including phenoxy) is 1. The van der Waals surface area contributed by atoms with Crippen LogP contribution in [0.3, 0.4) is 0 Å². The van der Waals surface area contributed by atoms with Crippen LogP contribution in [0.4, 0.5) is 5.69 Å². The Morgan fingerprint density at radius 1 is 1.14 bits per heavy atom. The van der Waals surface area contributed by atoms with Gasteiger partial charge in [0.15, 0.2) is 0 Å². The van der Waals surface area contributed by atoms with Crippen molar-refractivity contribution in [3.63, 3.8) is 0 Å². The number of hydrogen-bond donors (Lipinski definition) is 1. The lowest BCUT2D eigenvalue weighted by molar-refractivity contribution is 0.293. The topological polar surface area (TPSA) is 70.1 Å². The van der Waals surface area contributed by atoms with Crippen LogP contribution in [0.25, 0.3) is 10.9 Å². The van der Waals surface area contributed by atoms with Crippen LogP contribution in [0.1, 0.15) is 0 Å². The van der Waals surface area contributed by atoms with Gasteiger partial charge in [-0.15, -0.1) is 0 Å². The first-order valence-corrected chi connectivity index (χ1v) is 6.67. The number of benzene rings is 2. The third-order valence-electron chi connectivity index (χ3n) is 3.19. The van der Waals surface area contributed by atoms with Crippen molar-refractivity contribution in [2.75, 3.05) is 12.3 Å². The van der Waals surface area contributed by atoms with E-state index in [9.17, 15) is 4.79 Å². The minimum atomic E-state index is -0.0707. The molecule has 3 rings (SSSR count). The molecule has 0 unspecified atom stereocenters. The third kappa shape index (κ3) is 2.86.